The monoisotopic (exact) mass is 329 g/mol. The van der Waals surface area contributed by atoms with E-state index < -0.39 is 17.6 Å². The zero-order valence-electron chi connectivity index (χ0n) is 12.4. The van der Waals surface area contributed by atoms with E-state index in [0.29, 0.717) is 5.56 Å². The van der Waals surface area contributed by atoms with E-state index in [0.717, 1.165) is 4.57 Å². The number of hydrogen-bond acceptors (Lipinski definition) is 5. The summed E-state index contributed by atoms with van der Waals surface area (Å²) in [6.07, 6.45) is -0.442. The predicted octanol–water partition coefficient (Wildman–Crippen LogP) is 2.69. The molecule has 23 heavy (non-hydrogen) atoms. The third kappa shape index (κ3) is 4.18. The molecule has 0 fully saturated rings. The zero-order valence-corrected chi connectivity index (χ0v) is 12.4. The van der Waals surface area contributed by atoms with Gasteiger partial charge in [0.1, 0.15) is 12.4 Å². The Balaban J connectivity index is 2.25. The molecule has 0 aliphatic heterocycles. The molecule has 0 radical (unpaired) electrons. The summed E-state index contributed by atoms with van der Waals surface area (Å²) in [5.74, 6) is 0.212. The van der Waals surface area contributed by atoms with Crippen LogP contribution in [0.4, 0.5) is 24.7 Å². The summed E-state index contributed by atoms with van der Waals surface area (Å²) < 4.78 is 38.5. The quantitative estimate of drug-likeness (QED) is 0.622. The SMILES string of the molecule is Cc1cnc(N(C)Cc2nccn2CC(F)(F)F)c([N+](=O)[O-])c1. The summed E-state index contributed by atoms with van der Waals surface area (Å²) in [4.78, 5) is 19.8. The van der Waals surface area contributed by atoms with Crippen molar-refractivity contribution in [2.75, 3.05) is 11.9 Å². The number of halogens is 3. The predicted molar refractivity (Wildman–Crippen MR) is 76.0 cm³/mol. The fourth-order valence-electron chi connectivity index (χ4n) is 2.09. The molecule has 2 aromatic rings. The normalized spacial score (nSPS) is 11.5. The number of nitrogens with zero attached hydrogens (tertiary/aromatic N) is 5. The van der Waals surface area contributed by atoms with Gasteiger partial charge in [-0.15, -0.1) is 0 Å². The van der Waals surface area contributed by atoms with Gasteiger partial charge in [0, 0.05) is 31.7 Å². The Bertz CT molecular complexity index is 714. The van der Waals surface area contributed by atoms with Gasteiger partial charge >= 0.3 is 11.9 Å². The molecule has 0 aromatic carbocycles. The van der Waals surface area contributed by atoms with E-state index in [1.807, 2.05) is 0 Å². The van der Waals surface area contributed by atoms with Crippen molar-refractivity contribution in [3.05, 3.63) is 46.2 Å². The molecule has 124 valence electrons. The molecule has 0 unspecified atom stereocenters. The number of rotatable bonds is 5. The number of imidazole rings is 1. The minimum Gasteiger partial charge on any atom is -0.346 e. The average Bonchev–Trinajstić information content (AvgIpc) is 2.83. The van der Waals surface area contributed by atoms with Gasteiger partial charge in [-0.25, -0.2) is 9.97 Å². The summed E-state index contributed by atoms with van der Waals surface area (Å²) in [5.41, 5.74) is 0.411. The number of nitro groups is 1. The molecular weight excluding hydrogens is 315 g/mol. The third-order valence-corrected chi connectivity index (χ3v) is 3.07. The van der Waals surface area contributed by atoms with Crippen LogP contribution in [0.2, 0.25) is 0 Å². The Kier molecular flexibility index (Phi) is 4.52. The summed E-state index contributed by atoms with van der Waals surface area (Å²) in [5, 5.41) is 11.1. The Morgan fingerprint density at radius 3 is 2.70 bits per heavy atom. The van der Waals surface area contributed by atoms with Crippen molar-refractivity contribution >= 4 is 11.5 Å². The van der Waals surface area contributed by atoms with Gasteiger partial charge in [-0.2, -0.15) is 13.2 Å². The van der Waals surface area contributed by atoms with Crippen LogP contribution in [0, 0.1) is 17.0 Å². The first-order valence-corrected chi connectivity index (χ1v) is 6.56. The van der Waals surface area contributed by atoms with Crippen molar-refractivity contribution < 1.29 is 18.1 Å². The van der Waals surface area contributed by atoms with Gasteiger partial charge in [0.05, 0.1) is 11.5 Å². The fraction of sp³-hybridized carbons (Fsp3) is 0.385. The van der Waals surface area contributed by atoms with E-state index >= 15 is 0 Å². The van der Waals surface area contributed by atoms with Crippen molar-refractivity contribution in [3.63, 3.8) is 0 Å². The van der Waals surface area contributed by atoms with E-state index in [1.165, 1.54) is 36.6 Å². The fourth-order valence-corrected chi connectivity index (χ4v) is 2.09. The summed E-state index contributed by atoms with van der Waals surface area (Å²) in [6.45, 7) is 0.458. The van der Waals surface area contributed by atoms with Crippen LogP contribution in [0.5, 0.6) is 0 Å². The highest BCUT2D eigenvalue weighted by Gasteiger charge is 2.29. The minimum absolute atomic E-state index is 0.0417. The van der Waals surface area contributed by atoms with Gasteiger partial charge in [-0.3, -0.25) is 10.1 Å². The van der Waals surface area contributed by atoms with Gasteiger partial charge in [-0.1, -0.05) is 0 Å². The highest BCUT2D eigenvalue weighted by atomic mass is 19.4. The lowest BCUT2D eigenvalue weighted by molar-refractivity contribution is -0.384. The number of aryl methyl sites for hydroxylation is 1. The van der Waals surface area contributed by atoms with Gasteiger partial charge in [0.25, 0.3) is 0 Å². The van der Waals surface area contributed by atoms with Crippen molar-refractivity contribution in [1.29, 1.82) is 0 Å². The summed E-state index contributed by atoms with van der Waals surface area (Å²) >= 11 is 0. The largest absolute Gasteiger partial charge is 0.406 e. The van der Waals surface area contributed by atoms with E-state index in [2.05, 4.69) is 9.97 Å². The number of anilines is 1. The Morgan fingerprint density at radius 1 is 1.39 bits per heavy atom. The molecule has 2 rings (SSSR count). The standard InChI is InChI=1S/C13H14F3N5O2/c1-9-5-10(21(22)23)12(18-6-9)19(2)7-11-17-3-4-20(11)8-13(14,15)16/h3-6H,7-8H2,1-2H3. The number of hydrogen-bond donors (Lipinski definition) is 0. The van der Waals surface area contributed by atoms with Crippen LogP contribution in [0.1, 0.15) is 11.4 Å². The molecule has 0 saturated carbocycles. The van der Waals surface area contributed by atoms with Crippen LogP contribution >= 0.6 is 0 Å². The Labute approximate surface area is 129 Å². The van der Waals surface area contributed by atoms with Crippen LogP contribution in [-0.4, -0.2) is 32.7 Å². The van der Waals surface area contributed by atoms with Crippen molar-refractivity contribution in [2.45, 2.75) is 26.2 Å². The molecule has 0 spiro atoms. The second-order valence-electron chi connectivity index (χ2n) is 5.06. The maximum Gasteiger partial charge on any atom is 0.406 e. The van der Waals surface area contributed by atoms with Crippen molar-refractivity contribution in [3.8, 4) is 0 Å². The molecule has 0 atom stereocenters. The number of aromatic nitrogens is 3. The smallest absolute Gasteiger partial charge is 0.346 e. The lowest BCUT2D eigenvalue weighted by Gasteiger charge is -2.19. The highest BCUT2D eigenvalue weighted by Crippen LogP contribution is 2.26. The molecule has 2 aromatic heterocycles. The zero-order chi connectivity index (χ0) is 17.2. The summed E-state index contributed by atoms with van der Waals surface area (Å²) in [7, 11) is 1.51. The lowest BCUT2D eigenvalue weighted by Crippen LogP contribution is -2.24. The van der Waals surface area contributed by atoms with E-state index in [4.69, 9.17) is 0 Å². The maximum absolute atomic E-state index is 12.5. The van der Waals surface area contributed by atoms with Crippen LogP contribution in [-0.2, 0) is 13.1 Å². The average molecular weight is 329 g/mol. The minimum atomic E-state index is -4.37. The maximum atomic E-state index is 12.5. The molecule has 0 aliphatic carbocycles. The van der Waals surface area contributed by atoms with Gasteiger partial charge in [0.15, 0.2) is 0 Å². The molecule has 0 N–H and O–H groups in total. The summed E-state index contributed by atoms with van der Waals surface area (Å²) in [6, 6.07) is 1.36. The Morgan fingerprint density at radius 2 is 2.09 bits per heavy atom. The molecule has 0 bridgehead atoms. The molecule has 7 nitrogen and oxygen atoms in total. The van der Waals surface area contributed by atoms with Gasteiger partial charge in [0.2, 0.25) is 5.82 Å². The topological polar surface area (TPSA) is 77.1 Å². The van der Waals surface area contributed by atoms with Crippen LogP contribution in [0.15, 0.2) is 24.7 Å². The van der Waals surface area contributed by atoms with Crippen molar-refractivity contribution in [2.24, 2.45) is 0 Å². The van der Waals surface area contributed by atoms with E-state index in [1.54, 1.807) is 6.92 Å². The first-order chi connectivity index (χ1) is 10.7. The first-order valence-electron chi connectivity index (χ1n) is 6.56. The van der Waals surface area contributed by atoms with Crippen LogP contribution < -0.4 is 4.90 Å². The van der Waals surface area contributed by atoms with E-state index in [-0.39, 0.29) is 23.9 Å². The van der Waals surface area contributed by atoms with Crippen molar-refractivity contribution in [1.82, 2.24) is 14.5 Å². The van der Waals surface area contributed by atoms with E-state index in [9.17, 15) is 23.3 Å². The molecule has 2 heterocycles. The number of alkyl halides is 3. The Hall–Kier alpha value is -2.65. The number of pyridine rings is 1. The molecule has 0 saturated heterocycles. The molecular formula is C13H14F3N5O2. The molecule has 0 aliphatic rings. The van der Waals surface area contributed by atoms with Crippen LogP contribution in [0.25, 0.3) is 0 Å². The van der Waals surface area contributed by atoms with Crippen LogP contribution in [0.3, 0.4) is 0 Å². The second kappa shape index (κ2) is 6.23. The molecule has 10 heteroatoms. The third-order valence-electron chi connectivity index (χ3n) is 3.07. The highest BCUT2D eigenvalue weighted by molar-refractivity contribution is 5.58. The first kappa shape index (κ1) is 16.7. The second-order valence-corrected chi connectivity index (χ2v) is 5.06. The lowest BCUT2D eigenvalue weighted by atomic mass is 10.2. The van der Waals surface area contributed by atoms with Gasteiger partial charge in [-0.05, 0) is 12.5 Å². The van der Waals surface area contributed by atoms with Gasteiger partial charge < -0.3 is 9.47 Å². The molecule has 0 amide bonds.